The number of aryl methyl sites for hydroxylation is 1. The first-order chi connectivity index (χ1) is 12.1. The predicted molar refractivity (Wildman–Crippen MR) is 96.8 cm³/mol. The molecule has 0 radical (unpaired) electrons. The summed E-state index contributed by atoms with van der Waals surface area (Å²) in [5.74, 6) is 0.293. The van der Waals surface area contributed by atoms with E-state index in [1.807, 2.05) is 13.0 Å². The fraction of sp³-hybridized carbons (Fsp3) is 0.412. The molecule has 2 N–H and O–H groups in total. The fourth-order valence-electron chi connectivity index (χ4n) is 2.81. The highest BCUT2D eigenvalue weighted by Gasteiger charge is 2.23. The Morgan fingerprint density at radius 1 is 1.32 bits per heavy atom. The van der Waals surface area contributed by atoms with Gasteiger partial charge in [-0.1, -0.05) is 0 Å². The molecule has 8 heteroatoms. The van der Waals surface area contributed by atoms with E-state index in [1.54, 1.807) is 24.5 Å². The first-order valence-electron chi connectivity index (χ1n) is 8.28. The van der Waals surface area contributed by atoms with Gasteiger partial charge >= 0.3 is 0 Å². The second-order valence-corrected chi connectivity index (χ2v) is 7.28. The van der Waals surface area contributed by atoms with Crippen molar-refractivity contribution in [1.29, 1.82) is 0 Å². The highest BCUT2D eigenvalue weighted by molar-refractivity contribution is 7.13. The van der Waals surface area contributed by atoms with E-state index in [4.69, 9.17) is 0 Å². The molecule has 0 spiro atoms. The number of nitrogens with one attached hydrogen (secondary N) is 2. The van der Waals surface area contributed by atoms with Crippen molar-refractivity contribution in [3.05, 3.63) is 40.3 Å². The third kappa shape index (κ3) is 4.76. The molecule has 0 bridgehead atoms. The number of aromatic nitrogens is 2. The number of hydrogen-bond acceptors (Lipinski definition) is 6. The second-order valence-electron chi connectivity index (χ2n) is 5.99. The van der Waals surface area contributed by atoms with E-state index in [1.165, 1.54) is 11.3 Å². The summed E-state index contributed by atoms with van der Waals surface area (Å²) < 4.78 is 0. The predicted octanol–water partition coefficient (Wildman–Crippen LogP) is 1.36. The molecule has 25 heavy (non-hydrogen) atoms. The van der Waals surface area contributed by atoms with Gasteiger partial charge in [-0.3, -0.25) is 9.59 Å². The van der Waals surface area contributed by atoms with Crippen molar-refractivity contribution in [2.45, 2.75) is 25.8 Å². The Kier molecular flexibility index (Phi) is 5.60. The molecule has 0 saturated carbocycles. The molecule has 2 amide bonds. The zero-order chi connectivity index (χ0) is 17.6. The topological polar surface area (TPSA) is 87.2 Å². The number of hydrogen-bond donors (Lipinski definition) is 2. The maximum Gasteiger partial charge on any atom is 0.261 e. The molecule has 3 heterocycles. The van der Waals surface area contributed by atoms with Crippen molar-refractivity contribution >= 4 is 29.1 Å². The Bertz CT molecular complexity index is 734. The summed E-state index contributed by atoms with van der Waals surface area (Å²) in [5, 5.41) is 5.65. The van der Waals surface area contributed by atoms with Crippen LogP contribution in [0.2, 0.25) is 0 Å². The molecular formula is C17H21N5O2S. The lowest BCUT2D eigenvalue weighted by molar-refractivity contribution is -0.120. The lowest BCUT2D eigenvalue weighted by Crippen LogP contribution is -2.50. The summed E-state index contributed by atoms with van der Waals surface area (Å²) in [7, 11) is 0. The summed E-state index contributed by atoms with van der Waals surface area (Å²) in [6, 6.07) is 5.48. The van der Waals surface area contributed by atoms with Crippen molar-refractivity contribution in [3.63, 3.8) is 0 Å². The van der Waals surface area contributed by atoms with E-state index in [-0.39, 0.29) is 24.4 Å². The summed E-state index contributed by atoms with van der Waals surface area (Å²) in [6.07, 6.45) is 5.30. The average Bonchev–Trinajstić information content (AvgIpc) is 3.07. The maximum atomic E-state index is 12.1. The Balaban J connectivity index is 1.47. The van der Waals surface area contributed by atoms with Gasteiger partial charge in [0.25, 0.3) is 5.91 Å². The van der Waals surface area contributed by atoms with Gasteiger partial charge in [0.15, 0.2) is 0 Å². The summed E-state index contributed by atoms with van der Waals surface area (Å²) >= 11 is 1.42. The number of carbonyl (C=O) groups is 2. The molecule has 0 aliphatic carbocycles. The first-order valence-corrected chi connectivity index (χ1v) is 9.09. The van der Waals surface area contributed by atoms with Gasteiger partial charge in [0.2, 0.25) is 11.9 Å². The van der Waals surface area contributed by atoms with Gasteiger partial charge in [0, 0.05) is 36.4 Å². The van der Waals surface area contributed by atoms with E-state index >= 15 is 0 Å². The smallest absolute Gasteiger partial charge is 0.261 e. The van der Waals surface area contributed by atoms with Crippen molar-refractivity contribution in [2.75, 3.05) is 24.5 Å². The molecule has 1 atom stereocenters. The highest BCUT2D eigenvalue weighted by atomic mass is 32.1. The molecule has 0 unspecified atom stereocenters. The molecule has 0 aromatic carbocycles. The van der Waals surface area contributed by atoms with Crippen LogP contribution in [0.15, 0.2) is 30.6 Å². The fourth-order valence-corrected chi connectivity index (χ4v) is 3.60. The van der Waals surface area contributed by atoms with Crippen LogP contribution >= 0.6 is 11.3 Å². The summed E-state index contributed by atoms with van der Waals surface area (Å²) in [4.78, 5) is 36.4. The minimum absolute atomic E-state index is 0.0197. The molecule has 1 saturated heterocycles. The van der Waals surface area contributed by atoms with E-state index < -0.39 is 0 Å². The first kappa shape index (κ1) is 17.3. The molecule has 7 nitrogen and oxygen atoms in total. The van der Waals surface area contributed by atoms with Gasteiger partial charge in [-0.05, 0) is 38.0 Å². The maximum absolute atomic E-state index is 12.1. The van der Waals surface area contributed by atoms with Gasteiger partial charge in [-0.15, -0.1) is 11.3 Å². The number of nitrogens with zero attached hydrogens (tertiary/aromatic N) is 3. The molecule has 2 aromatic rings. The second kappa shape index (κ2) is 8.06. The van der Waals surface area contributed by atoms with Crippen LogP contribution in [0.4, 0.5) is 5.95 Å². The lowest BCUT2D eigenvalue weighted by atomic mass is 10.1. The molecule has 1 fully saturated rings. The van der Waals surface area contributed by atoms with Gasteiger partial charge in [0.05, 0.1) is 11.4 Å². The molecule has 1 aliphatic rings. The van der Waals surface area contributed by atoms with Crippen LogP contribution in [0.5, 0.6) is 0 Å². The minimum atomic E-state index is -0.212. The van der Waals surface area contributed by atoms with Crippen LogP contribution in [-0.4, -0.2) is 47.5 Å². The third-order valence-electron chi connectivity index (χ3n) is 4.00. The number of rotatable bonds is 5. The van der Waals surface area contributed by atoms with E-state index in [2.05, 4.69) is 25.5 Å². The molecule has 2 aromatic heterocycles. The Labute approximate surface area is 150 Å². The van der Waals surface area contributed by atoms with Gasteiger partial charge in [0.1, 0.15) is 0 Å². The van der Waals surface area contributed by atoms with Gasteiger partial charge in [-0.2, -0.15) is 0 Å². The summed E-state index contributed by atoms with van der Waals surface area (Å²) in [6.45, 7) is 3.48. The van der Waals surface area contributed by atoms with Crippen molar-refractivity contribution in [1.82, 2.24) is 20.6 Å². The normalized spacial score (nSPS) is 17.2. The summed E-state index contributed by atoms with van der Waals surface area (Å²) in [5.41, 5.74) is 0. The van der Waals surface area contributed by atoms with Crippen LogP contribution in [-0.2, 0) is 4.79 Å². The number of carbonyl (C=O) groups excluding carboxylic acids is 2. The Morgan fingerprint density at radius 3 is 2.84 bits per heavy atom. The monoisotopic (exact) mass is 359 g/mol. The number of anilines is 1. The molecule has 3 rings (SSSR count). The standard InChI is InChI=1S/C17H21N5O2S/c1-12-5-6-14(25-12)16(24)20-10-15(23)21-13-4-2-9-22(11-13)17-18-7-3-8-19-17/h3,5-8,13H,2,4,9-11H2,1H3,(H,20,24)(H,21,23)/t13-/m1/s1. The van der Waals surface area contributed by atoms with E-state index in [0.717, 1.165) is 24.3 Å². The molecule has 1 aliphatic heterocycles. The minimum Gasteiger partial charge on any atom is -0.350 e. The number of piperidine rings is 1. The van der Waals surface area contributed by atoms with Crippen molar-refractivity contribution in [2.24, 2.45) is 0 Å². The Morgan fingerprint density at radius 2 is 2.12 bits per heavy atom. The van der Waals surface area contributed by atoms with E-state index in [0.29, 0.717) is 17.4 Å². The van der Waals surface area contributed by atoms with Crippen LogP contribution in [0.25, 0.3) is 0 Å². The SMILES string of the molecule is Cc1ccc(C(=O)NCC(=O)N[C@@H]2CCCN(c3ncccn3)C2)s1. The molecule has 132 valence electrons. The van der Waals surface area contributed by atoms with Crippen LogP contribution in [0.1, 0.15) is 27.4 Å². The highest BCUT2D eigenvalue weighted by Crippen LogP contribution is 2.16. The quantitative estimate of drug-likeness (QED) is 0.842. The lowest BCUT2D eigenvalue weighted by Gasteiger charge is -2.33. The number of amides is 2. The van der Waals surface area contributed by atoms with Crippen molar-refractivity contribution in [3.8, 4) is 0 Å². The van der Waals surface area contributed by atoms with E-state index in [9.17, 15) is 9.59 Å². The number of thiophene rings is 1. The average molecular weight is 359 g/mol. The van der Waals surface area contributed by atoms with Crippen LogP contribution in [0, 0.1) is 6.92 Å². The van der Waals surface area contributed by atoms with Gasteiger partial charge in [-0.25, -0.2) is 9.97 Å². The zero-order valence-electron chi connectivity index (χ0n) is 14.1. The molecular weight excluding hydrogens is 338 g/mol. The van der Waals surface area contributed by atoms with Crippen molar-refractivity contribution < 1.29 is 9.59 Å². The van der Waals surface area contributed by atoms with Gasteiger partial charge < -0.3 is 15.5 Å². The zero-order valence-corrected chi connectivity index (χ0v) is 14.9. The third-order valence-corrected chi connectivity index (χ3v) is 4.99. The Hall–Kier alpha value is -2.48. The largest absolute Gasteiger partial charge is 0.350 e. The van der Waals surface area contributed by atoms with Crippen LogP contribution < -0.4 is 15.5 Å². The van der Waals surface area contributed by atoms with Crippen LogP contribution in [0.3, 0.4) is 0 Å².